The van der Waals surface area contributed by atoms with E-state index in [0.29, 0.717) is 0 Å². The third-order valence-electron chi connectivity index (χ3n) is 4.06. The number of methoxy groups -OCH3 is 1. The van der Waals surface area contributed by atoms with Crippen LogP contribution in [0.2, 0.25) is 0 Å². The van der Waals surface area contributed by atoms with Gasteiger partial charge in [0.05, 0.1) is 13.0 Å². The zero-order valence-corrected chi connectivity index (χ0v) is 13.3. The number of hydrogen-bond donors (Lipinski definition) is 0. The summed E-state index contributed by atoms with van der Waals surface area (Å²) in [6.45, 7) is 5.83. The van der Waals surface area contributed by atoms with Crippen molar-refractivity contribution in [1.29, 1.82) is 0 Å². The second kappa shape index (κ2) is 7.94. The van der Waals surface area contributed by atoms with Crippen molar-refractivity contribution < 1.29 is 14.3 Å². The van der Waals surface area contributed by atoms with Crippen molar-refractivity contribution in [2.45, 2.75) is 19.9 Å². The van der Waals surface area contributed by atoms with Gasteiger partial charge in [-0.15, -0.1) is 0 Å². The van der Waals surface area contributed by atoms with Crippen LogP contribution < -0.4 is 0 Å². The zero-order valence-electron chi connectivity index (χ0n) is 13.3. The molecule has 1 aromatic rings. The molecule has 1 amide bonds. The molecule has 1 saturated heterocycles. The average molecular weight is 304 g/mol. The van der Waals surface area contributed by atoms with Gasteiger partial charge in [0.25, 0.3) is 0 Å². The largest absolute Gasteiger partial charge is 0.469 e. The Kier molecular flexibility index (Phi) is 5.95. The van der Waals surface area contributed by atoms with E-state index in [1.807, 2.05) is 23.1 Å². The van der Waals surface area contributed by atoms with Crippen molar-refractivity contribution in [1.82, 2.24) is 9.80 Å². The lowest BCUT2D eigenvalue weighted by Gasteiger charge is -2.35. The van der Waals surface area contributed by atoms with Crippen molar-refractivity contribution in [2.75, 3.05) is 33.3 Å². The monoisotopic (exact) mass is 304 g/mol. The lowest BCUT2D eigenvalue weighted by Crippen LogP contribution is -2.48. The first-order chi connectivity index (χ1) is 10.6. The first-order valence-electron chi connectivity index (χ1n) is 7.72. The summed E-state index contributed by atoms with van der Waals surface area (Å²) in [6, 6.07) is 10.3. The van der Waals surface area contributed by atoms with E-state index in [4.69, 9.17) is 0 Å². The van der Waals surface area contributed by atoms with Gasteiger partial charge in [-0.3, -0.25) is 14.5 Å². The lowest BCUT2D eigenvalue weighted by molar-refractivity contribution is -0.148. The zero-order chi connectivity index (χ0) is 15.9. The van der Waals surface area contributed by atoms with Crippen LogP contribution in [0.4, 0.5) is 0 Å². The Morgan fingerprint density at radius 3 is 2.36 bits per heavy atom. The number of nitrogens with zero attached hydrogens (tertiary/aromatic N) is 2. The molecule has 1 fully saturated rings. The fraction of sp³-hybridized carbons (Fsp3) is 0.529. The number of ether oxygens (including phenoxy) is 1. The second-order valence-corrected chi connectivity index (χ2v) is 5.77. The van der Waals surface area contributed by atoms with Gasteiger partial charge in [0.15, 0.2) is 0 Å². The van der Waals surface area contributed by atoms with E-state index in [1.54, 1.807) is 6.92 Å². The van der Waals surface area contributed by atoms with E-state index in [9.17, 15) is 9.59 Å². The molecule has 0 N–H and O–H groups in total. The van der Waals surface area contributed by atoms with Gasteiger partial charge in [0.2, 0.25) is 5.91 Å². The average Bonchev–Trinajstić information content (AvgIpc) is 2.55. The lowest BCUT2D eigenvalue weighted by atomic mass is 10.1. The van der Waals surface area contributed by atoms with Crippen molar-refractivity contribution in [3.8, 4) is 0 Å². The second-order valence-electron chi connectivity index (χ2n) is 5.77. The molecule has 1 heterocycles. The van der Waals surface area contributed by atoms with Crippen LogP contribution >= 0.6 is 0 Å². The summed E-state index contributed by atoms with van der Waals surface area (Å²) >= 11 is 0. The highest BCUT2D eigenvalue weighted by atomic mass is 16.5. The van der Waals surface area contributed by atoms with E-state index in [0.717, 1.165) is 32.7 Å². The van der Waals surface area contributed by atoms with Gasteiger partial charge in [0.1, 0.15) is 0 Å². The predicted octanol–water partition coefficient (Wildman–Crippen LogP) is 1.53. The maximum absolute atomic E-state index is 12.2. The third-order valence-corrected chi connectivity index (χ3v) is 4.06. The molecule has 5 heteroatoms. The summed E-state index contributed by atoms with van der Waals surface area (Å²) in [7, 11) is 1.35. The van der Waals surface area contributed by atoms with Crippen molar-refractivity contribution >= 4 is 11.9 Å². The Bertz CT molecular complexity index is 496. The number of carbonyl (C=O) groups is 2. The number of benzene rings is 1. The van der Waals surface area contributed by atoms with Gasteiger partial charge >= 0.3 is 5.97 Å². The molecule has 0 bridgehead atoms. The van der Waals surface area contributed by atoms with Crippen LogP contribution in [0.5, 0.6) is 0 Å². The van der Waals surface area contributed by atoms with Crippen LogP contribution in [0.1, 0.15) is 18.9 Å². The van der Waals surface area contributed by atoms with E-state index in [2.05, 4.69) is 21.8 Å². The minimum Gasteiger partial charge on any atom is -0.469 e. The molecule has 5 nitrogen and oxygen atoms in total. The Morgan fingerprint density at radius 2 is 1.77 bits per heavy atom. The molecule has 0 saturated carbocycles. The summed E-state index contributed by atoms with van der Waals surface area (Å²) < 4.78 is 4.67. The summed E-state index contributed by atoms with van der Waals surface area (Å²) in [6.07, 6.45) is 0.228. The topological polar surface area (TPSA) is 49.9 Å². The van der Waals surface area contributed by atoms with Gasteiger partial charge in [-0.1, -0.05) is 37.3 Å². The smallest absolute Gasteiger partial charge is 0.308 e. The minimum absolute atomic E-state index is 0.0391. The minimum atomic E-state index is -0.375. The fourth-order valence-electron chi connectivity index (χ4n) is 2.67. The number of amides is 1. The molecule has 1 aliphatic rings. The van der Waals surface area contributed by atoms with Crippen LogP contribution in [0.3, 0.4) is 0 Å². The summed E-state index contributed by atoms with van der Waals surface area (Å²) in [5.41, 5.74) is 1.29. The number of hydrogen-bond acceptors (Lipinski definition) is 4. The molecule has 1 aromatic carbocycles. The molecule has 2 rings (SSSR count). The standard InChI is InChI=1S/C17H24N2O3/c1-14(17(21)22-2)12-16(20)19-10-8-18(9-11-19)13-15-6-4-3-5-7-15/h3-7,14H,8-13H2,1-2H3. The Balaban J connectivity index is 1.77. The Labute approximate surface area is 131 Å². The molecule has 1 atom stereocenters. The molecule has 0 aliphatic carbocycles. The summed E-state index contributed by atoms with van der Waals surface area (Å²) in [5.74, 6) is -0.659. The Morgan fingerprint density at radius 1 is 1.14 bits per heavy atom. The number of carbonyl (C=O) groups excluding carboxylic acids is 2. The van der Waals surface area contributed by atoms with Gasteiger partial charge in [-0.25, -0.2) is 0 Å². The van der Waals surface area contributed by atoms with Gasteiger partial charge in [-0.05, 0) is 5.56 Å². The molecule has 120 valence electrons. The fourth-order valence-corrected chi connectivity index (χ4v) is 2.67. The van der Waals surface area contributed by atoms with Gasteiger partial charge in [-0.2, -0.15) is 0 Å². The highest BCUT2D eigenvalue weighted by Crippen LogP contribution is 2.12. The molecule has 0 spiro atoms. The molecule has 1 aliphatic heterocycles. The van der Waals surface area contributed by atoms with Crippen LogP contribution in [0.25, 0.3) is 0 Å². The van der Waals surface area contributed by atoms with E-state index < -0.39 is 0 Å². The van der Waals surface area contributed by atoms with Crippen LogP contribution in [-0.2, 0) is 20.9 Å². The number of esters is 1. The number of rotatable bonds is 5. The van der Waals surface area contributed by atoms with E-state index >= 15 is 0 Å². The van der Waals surface area contributed by atoms with Crippen molar-refractivity contribution in [3.05, 3.63) is 35.9 Å². The quantitative estimate of drug-likeness (QED) is 0.774. The third kappa shape index (κ3) is 4.56. The maximum atomic E-state index is 12.2. The van der Waals surface area contributed by atoms with Crippen LogP contribution in [-0.4, -0.2) is 55.0 Å². The predicted molar refractivity (Wildman–Crippen MR) is 84.1 cm³/mol. The molecular weight excluding hydrogens is 280 g/mol. The number of piperazine rings is 1. The molecule has 0 aromatic heterocycles. The maximum Gasteiger partial charge on any atom is 0.308 e. The Hall–Kier alpha value is -1.88. The van der Waals surface area contributed by atoms with Crippen LogP contribution in [0, 0.1) is 5.92 Å². The van der Waals surface area contributed by atoms with E-state index in [-0.39, 0.29) is 24.2 Å². The highest BCUT2D eigenvalue weighted by Gasteiger charge is 2.24. The van der Waals surface area contributed by atoms with Gasteiger partial charge in [0, 0.05) is 39.1 Å². The molecular formula is C17H24N2O3. The summed E-state index contributed by atoms with van der Waals surface area (Å²) in [4.78, 5) is 27.8. The van der Waals surface area contributed by atoms with Crippen LogP contribution in [0.15, 0.2) is 30.3 Å². The SMILES string of the molecule is COC(=O)C(C)CC(=O)N1CCN(Cc2ccccc2)CC1. The summed E-state index contributed by atoms with van der Waals surface area (Å²) in [5, 5.41) is 0. The highest BCUT2D eigenvalue weighted by molar-refractivity contribution is 5.82. The normalized spacial score (nSPS) is 17.1. The van der Waals surface area contributed by atoms with Gasteiger partial charge < -0.3 is 9.64 Å². The first kappa shape index (κ1) is 16.5. The van der Waals surface area contributed by atoms with Crippen molar-refractivity contribution in [2.24, 2.45) is 5.92 Å². The molecule has 22 heavy (non-hydrogen) atoms. The molecule has 0 radical (unpaired) electrons. The van der Waals surface area contributed by atoms with Crippen molar-refractivity contribution in [3.63, 3.8) is 0 Å². The first-order valence-corrected chi connectivity index (χ1v) is 7.72. The molecule has 1 unspecified atom stereocenters. The van der Waals surface area contributed by atoms with E-state index in [1.165, 1.54) is 12.7 Å².